The highest BCUT2D eigenvalue weighted by atomic mass is 79.9. The maximum atomic E-state index is 5.34. The summed E-state index contributed by atoms with van der Waals surface area (Å²) in [6, 6.07) is 13.2. The molecule has 0 bridgehead atoms. The lowest BCUT2D eigenvalue weighted by Gasteiger charge is -2.27. The molecular weight excluding hydrogens is 326 g/mol. The highest BCUT2D eigenvalue weighted by molar-refractivity contribution is 9.10. The monoisotopic (exact) mass is 345 g/mol. The molecule has 3 rings (SSSR count). The summed E-state index contributed by atoms with van der Waals surface area (Å²) in [5.74, 6) is 0.952. The van der Waals surface area contributed by atoms with Crippen LogP contribution in [0, 0.1) is 6.92 Å². The van der Waals surface area contributed by atoms with Crippen molar-refractivity contribution in [3.05, 3.63) is 57.6 Å². The van der Waals surface area contributed by atoms with Crippen molar-refractivity contribution in [2.24, 2.45) is 0 Å². The van der Waals surface area contributed by atoms with Crippen LogP contribution in [0.5, 0.6) is 5.75 Å². The van der Waals surface area contributed by atoms with Gasteiger partial charge in [-0.3, -0.25) is 0 Å². The van der Waals surface area contributed by atoms with E-state index in [1.165, 1.54) is 28.8 Å². The number of hydrogen-bond acceptors (Lipinski definition) is 2. The normalized spacial score (nSPS) is 17.2. The Bertz CT molecular complexity index is 654. The second-order valence-electron chi connectivity index (χ2n) is 5.63. The fourth-order valence-corrected chi connectivity index (χ4v) is 3.33. The number of fused-ring (bicyclic) bond motifs is 1. The summed E-state index contributed by atoms with van der Waals surface area (Å²) >= 11 is 3.60. The van der Waals surface area contributed by atoms with Crippen molar-refractivity contribution in [3.63, 3.8) is 0 Å². The van der Waals surface area contributed by atoms with Gasteiger partial charge in [0.15, 0.2) is 0 Å². The number of rotatable bonds is 3. The van der Waals surface area contributed by atoms with Crippen LogP contribution < -0.4 is 10.1 Å². The van der Waals surface area contributed by atoms with Gasteiger partial charge in [0, 0.05) is 16.2 Å². The third-order valence-electron chi connectivity index (χ3n) is 4.27. The third-order valence-corrected chi connectivity index (χ3v) is 5.13. The van der Waals surface area contributed by atoms with Gasteiger partial charge < -0.3 is 10.1 Å². The highest BCUT2D eigenvalue weighted by Crippen LogP contribution is 2.29. The average molecular weight is 346 g/mol. The quantitative estimate of drug-likeness (QED) is 0.867. The predicted octanol–water partition coefficient (Wildman–Crippen LogP) is 4.74. The van der Waals surface area contributed by atoms with Gasteiger partial charge in [0.05, 0.1) is 7.11 Å². The molecule has 1 unspecified atom stereocenters. The molecule has 0 saturated carbocycles. The fourth-order valence-electron chi connectivity index (χ4n) is 2.97. The maximum absolute atomic E-state index is 5.34. The van der Waals surface area contributed by atoms with Crippen LogP contribution >= 0.6 is 15.9 Å². The number of ether oxygens (including phenoxy) is 1. The Kier molecular flexibility index (Phi) is 4.20. The second-order valence-corrected chi connectivity index (χ2v) is 6.49. The Hall–Kier alpha value is -1.48. The van der Waals surface area contributed by atoms with Crippen molar-refractivity contribution in [3.8, 4) is 5.75 Å². The zero-order chi connectivity index (χ0) is 14.8. The van der Waals surface area contributed by atoms with E-state index in [0.29, 0.717) is 6.04 Å². The lowest BCUT2D eigenvalue weighted by atomic mass is 9.88. The van der Waals surface area contributed by atoms with Crippen LogP contribution in [0.1, 0.15) is 23.1 Å². The molecule has 0 saturated heterocycles. The largest absolute Gasteiger partial charge is 0.497 e. The van der Waals surface area contributed by atoms with Gasteiger partial charge in [0.1, 0.15) is 5.75 Å². The van der Waals surface area contributed by atoms with Crippen molar-refractivity contribution in [2.45, 2.75) is 32.2 Å². The third kappa shape index (κ3) is 3.08. The Morgan fingerprint density at radius 3 is 2.86 bits per heavy atom. The smallest absolute Gasteiger partial charge is 0.119 e. The minimum atomic E-state index is 0.484. The van der Waals surface area contributed by atoms with Crippen molar-refractivity contribution in [1.29, 1.82) is 0 Å². The molecule has 0 heterocycles. The van der Waals surface area contributed by atoms with Crippen molar-refractivity contribution in [2.75, 3.05) is 12.4 Å². The number of benzene rings is 2. The molecule has 0 spiro atoms. The second kappa shape index (κ2) is 6.10. The molecular formula is C18H20BrNO. The minimum Gasteiger partial charge on any atom is -0.497 e. The fraction of sp³-hybridized carbons (Fsp3) is 0.333. The van der Waals surface area contributed by atoms with Gasteiger partial charge in [0.25, 0.3) is 0 Å². The number of aryl methyl sites for hydroxylation is 1. The van der Waals surface area contributed by atoms with E-state index in [1.807, 2.05) is 0 Å². The molecule has 1 aliphatic rings. The molecule has 1 N–H and O–H groups in total. The van der Waals surface area contributed by atoms with E-state index >= 15 is 0 Å². The van der Waals surface area contributed by atoms with Gasteiger partial charge >= 0.3 is 0 Å². The molecule has 0 radical (unpaired) electrons. The molecule has 2 aromatic rings. The number of nitrogens with one attached hydrogen (secondary N) is 1. The first-order chi connectivity index (χ1) is 10.2. The highest BCUT2D eigenvalue weighted by Gasteiger charge is 2.19. The Morgan fingerprint density at radius 1 is 1.19 bits per heavy atom. The van der Waals surface area contributed by atoms with E-state index in [-0.39, 0.29) is 0 Å². The molecule has 3 heteroatoms. The SMILES string of the molecule is COc1ccc2c(c1)CC(Nc1cccc(Br)c1C)CC2. The lowest BCUT2D eigenvalue weighted by Crippen LogP contribution is -2.27. The maximum Gasteiger partial charge on any atom is 0.119 e. The summed E-state index contributed by atoms with van der Waals surface area (Å²) in [4.78, 5) is 0. The predicted molar refractivity (Wildman–Crippen MR) is 91.3 cm³/mol. The van der Waals surface area contributed by atoms with E-state index < -0.39 is 0 Å². The first-order valence-corrected chi connectivity index (χ1v) is 8.14. The van der Waals surface area contributed by atoms with Crippen molar-refractivity contribution in [1.82, 2.24) is 0 Å². The summed E-state index contributed by atoms with van der Waals surface area (Å²) in [5, 5.41) is 3.70. The minimum absolute atomic E-state index is 0.484. The van der Waals surface area contributed by atoms with E-state index in [9.17, 15) is 0 Å². The van der Waals surface area contributed by atoms with Crippen LogP contribution in [-0.2, 0) is 12.8 Å². The molecule has 21 heavy (non-hydrogen) atoms. The van der Waals surface area contributed by atoms with Gasteiger partial charge in [-0.15, -0.1) is 0 Å². The molecule has 2 aromatic carbocycles. The lowest BCUT2D eigenvalue weighted by molar-refractivity contribution is 0.413. The van der Waals surface area contributed by atoms with Crippen LogP contribution in [0.15, 0.2) is 40.9 Å². The van der Waals surface area contributed by atoms with E-state index in [2.05, 4.69) is 64.6 Å². The Labute approximate surface area is 134 Å². The number of halogens is 1. The first-order valence-electron chi connectivity index (χ1n) is 7.35. The van der Waals surface area contributed by atoms with Gasteiger partial charge in [-0.1, -0.05) is 28.1 Å². The van der Waals surface area contributed by atoms with Crippen LogP contribution in [0.25, 0.3) is 0 Å². The van der Waals surface area contributed by atoms with E-state index in [4.69, 9.17) is 4.74 Å². The molecule has 0 aliphatic heterocycles. The molecule has 1 atom stereocenters. The van der Waals surface area contributed by atoms with Gasteiger partial charge in [0.2, 0.25) is 0 Å². The summed E-state index contributed by atoms with van der Waals surface area (Å²) < 4.78 is 6.50. The zero-order valence-electron chi connectivity index (χ0n) is 12.4. The van der Waals surface area contributed by atoms with Gasteiger partial charge in [-0.25, -0.2) is 0 Å². The molecule has 1 aliphatic carbocycles. The van der Waals surface area contributed by atoms with E-state index in [0.717, 1.165) is 23.1 Å². The Balaban J connectivity index is 1.78. The summed E-state index contributed by atoms with van der Waals surface area (Å²) in [6.45, 7) is 2.15. The topological polar surface area (TPSA) is 21.3 Å². The molecule has 0 fully saturated rings. The number of methoxy groups -OCH3 is 1. The summed E-state index contributed by atoms with van der Waals surface area (Å²) in [6.07, 6.45) is 3.35. The van der Waals surface area contributed by atoms with E-state index in [1.54, 1.807) is 7.11 Å². The van der Waals surface area contributed by atoms with Crippen LogP contribution in [0.3, 0.4) is 0 Å². The van der Waals surface area contributed by atoms with Crippen LogP contribution in [0.4, 0.5) is 5.69 Å². The zero-order valence-corrected chi connectivity index (χ0v) is 14.0. The molecule has 2 nitrogen and oxygen atoms in total. The summed E-state index contributed by atoms with van der Waals surface area (Å²) in [5.41, 5.74) is 5.36. The number of hydrogen-bond donors (Lipinski definition) is 1. The molecule has 0 amide bonds. The van der Waals surface area contributed by atoms with Crippen molar-refractivity contribution >= 4 is 21.6 Å². The molecule has 0 aromatic heterocycles. The average Bonchev–Trinajstić information content (AvgIpc) is 2.51. The van der Waals surface area contributed by atoms with Crippen molar-refractivity contribution < 1.29 is 4.74 Å². The summed E-state index contributed by atoms with van der Waals surface area (Å²) in [7, 11) is 1.73. The standard InChI is InChI=1S/C18H20BrNO/c1-12-17(19)4-3-5-18(12)20-15-8-6-13-7-9-16(21-2)11-14(13)10-15/h3-5,7,9,11,15,20H,6,8,10H2,1-2H3. The van der Waals surface area contributed by atoms with Crippen LogP contribution in [0.2, 0.25) is 0 Å². The molecule has 110 valence electrons. The van der Waals surface area contributed by atoms with Gasteiger partial charge in [-0.05, 0) is 67.1 Å². The van der Waals surface area contributed by atoms with Crippen LogP contribution in [-0.4, -0.2) is 13.2 Å². The van der Waals surface area contributed by atoms with Gasteiger partial charge in [-0.2, -0.15) is 0 Å². The first kappa shape index (κ1) is 14.5. The Morgan fingerprint density at radius 2 is 2.05 bits per heavy atom. The number of anilines is 1.